The predicted octanol–water partition coefficient (Wildman–Crippen LogP) is 3.43. The van der Waals surface area contributed by atoms with Gasteiger partial charge in [-0.1, -0.05) is 0 Å². The molecule has 1 aliphatic rings. The Morgan fingerprint density at radius 2 is 1.90 bits per heavy atom. The minimum absolute atomic E-state index is 0.207. The third kappa shape index (κ3) is 3.98. The zero-order valence-corrected chi connectivity index (χ0v) is 13.1. The van der Waals surface area contributed by atoms with Gasteiger partial charge in [0.25, 0.3) is 0 Å². The van der Waals surface area contributed by atoms with E-state index in [1.165, 1.54) is 6.07 Å². The van der Waals surface area contributed by atoms with Crippen LogP contribution in [0.4, 0.5) is 13.2 Å². The molecule has 0 saturated heterocycles. The maximum absolute atomic E-state index is 12.7. The molecule has 1 aromatic rings. The Hall–Kier alpha value is -1.07. The fourth-order valence-electron chi connectivity index (χ4n) is 2.57. The Labute approximate surface area is 127 Å². The molecule has 116 valence electrons. The minimum atomic E-state index is -4.36. The Morgan fingerprint density at radius 3 is 2.48 bits per heavy atom. The Balaban J connectivity index is 2.09. The van der Waals surface area contributed by atoms with Crippen molar-refractivity contribution in [1.29, 1.82) is 0 Å². The zero-order chi connectivity index (χ0) is 15.5. The van der Waals surface area contributed by atoms with Crippen LogP contribution in [-0.2, 0) is 6.18 Å². The SMILES string of the molecule is O=[N+]([O-])C1(C[Se]c2cccc(C(F)(F)F)c2)CCCCC1. The third-order valence-electron chi connectivity index (χ3n) is 3.84. The summed E-state index contributed by atoms with van der Waals surface area (Å²) in [5.74, 6) is 0. The molecule has 2 rings (SSSR count). The summed E-state index contributed by atoms with van der Waals surface area (Å²) in [4.78, 5) is 11.2. The van der Waals surface area contributed by atoms with Gasteiger partial charge >= 0.3 is 127 Å². The molecule has 0 heterocycles. The number of hydrogen-bond donors (Lipinski definition) is 0. The molecular formula is C14H16F3NO2Se. The second-order valence-corrected chi connectivity index (χ2v) is 7.56. The molecule has 7 heteroatoms. The van der Waals surface area contributed by atoms with Gasteiger partial charge in [-0.15, -0.1) is 0 Å². The van der Waals surface area contributed by atoms with Crippen molar-refractivity contribution in [1.82, 2.24) is 0 Å². The standard InChI is InChI=1S/C14H16F3NO2Se/c15-14(16,17)11-5-4-6-12(9-11)21-10-13(18(19)20)7-2-1-3-8-13/h4-6,9H,1-3,7-8,10H2. The normalized spacial score (nSPS) is 18.4. The molecule has 0 N–H and O–H groups in total. The topological polar surface area (TPSA) is 43.1 Å². The van der Waals surface area contributed by atoms with Gasteiger partial charge in [-0.05, 0) is 0 Å². The van der Waals surface area contributed by atoms with Gasteiger partial charge in [-0.25, -0.2) is 0 Å². The van der Waals surface area contributed by atoms with Crippen molar-refractivity contribution in [3.8, 4) is 0 Å². The van der Waals surface area contributed by atoms with Crippen LogP contribution in [0.1, 0.15) is 37.7 Å². The van der Waals surface area contributed by atoms with Gasteiger partial charge in [0.1, 0.15) is 0 Å². The molecule has 1 saturated carbocycles. The Kier molecular flexibility index (Phi) is 4.94. The third-order valence-corrected chi connectivity index (χ3v) is 6.50. The summed E-state index contributed by atoms with van der Waals surface area (Å²) < 4.78 is 38.6. The van der Waals surface area contributed by atoms with E-state index < -0.39 is 17.3 Å². The van der Waals surface area contributed by atoms with Crippen LogP contribution >= 0.6 is 0 Å². The van der Waals surface area contributed by atoms with Crippen LogP contribution in [0, 0.1) is 10.1 Å². The average molecular weight is 366 g/mol. The molecule has 0 radical (unpaired) electrons. The predicted molar refractivity (Wildman–Crippen MR) is 74.4 cm³/mol. The van der Waals surface area contributed by atoms with Gasteiger partial charge in [0, 0.05) is 0 Å². The van der Waals surface area contributed by atoms with E-state index in [4.69, 9.17) is 0 Å². The van der Waals surface area contributed by atoms with Gasteiger partial charge in [-0.3, -0.25) is 0 Å². The van der Waals surface area contributed by atoms with Gasteiger partial charge in [0.2, 0.25) is 0 Å². The first-order valence-corrected chi connectivity index (χ1v) is 8.85. The van der Waals surface area contributed by atoms with E-state index in [9.17, 15) is 23.3 Å². The van der Waals surface area contributed by atoms with Crippen LogP contribution in [0.15, 0.2) is 24.3 Å². The number of hydrogen-bond acceptors (Lipinski definition) is 2. The second-order valence-electron chi connectivity index (χ2n) is 5.36. The molecule has 0 aromatic heterocycles. The fourth-order valence-corrected chi connectivity index (χ4v) is 5.12. The van der Waals surface area contributed by atoms with Crippen LogP contribution in [0.5, 0.6) is 0 Å². The van der Waals surface area contributed by atoms with Gasteiger partial charge in [0.15, 0.2) is 0 Å². The summed E-state index contributed by atoms with van der Waals surface area (Å²) in [7, 11) is 0. The van der Waals surface area contributed by atoms with Crippen LogP contribution in [-0.4, -0.2) is 25.4 Å². The van der Waals surface area contributed by atoms with E-state index in [2.05, 4.69) is 0 Å². The molecular weight excluding hydrogens is 350 g/mol. The molecule has 3 nitrogen and oxygen atoms in total. The quantitative estimate of drug-likeness (QED) is 0.466. The monoisotopic (exact) mass is 367 g/mol. The molecule has 0 spiro atoms. The molecule has 1 aliphatic carbocycles. The number of nitrogens with zero attached hydrogens (tertiary/aromatic N) is 1. The number of rotatable bonds is 4. The van der Waals surface area contributed by atoms with E-state index in [-0.39, 0.29) is 19.9 Å². The van der Waals surface area contributed by atoms with Gasteiger partial charge in [-0.2, -0.15) is 0 Å². The fraction of sp³-hybridized carbons (Fsp3) is 0.571. The zero-order valence-electron chi connectivity index (χ0n) is 11.4. The number of alkyl halides is 3. The Morgan fingerprint density at radius 1 is 1.24 bits per heavy atom. The van der Waals surface area contributed by atoms with E-state index in [0.29, 0.717) is 22.6 Å². The summed E-state index contributed by atoms with van der Waals surface area (Å²) in [6.07, 6.45) is -0.607. The van der Waals surface area contributed by atoms with E-state index in [1.807, 2.05) is 0 Å². The molecule has 0 atom stereocenters. The number of nitro groups is 1. The van der Waals surface area contributed by atoms with E-state index >= 15 is 0 Å². The van der Waals surface area contributed by atoms with Crippen molar-refractivity contribution in [3.63, 3.8) is 0 Å². The van der Waals surface area contributed by atoms with Crippen molar-refractivity contribution >= 4 is 19.4 Å². The number of benzene rings is 1. The molecule has 1 aromatic carbocycles. The average Bonchev–Trinajstić information content (AvgIpc) is 2.45. The molecule has 0 amide bonds. The molecule has 0 bridgehead atoms. The van der Waals surface area contributed by atoms with Gasteiger partial charge in [0.05, 0.1) is 0 Å². The van der Waals surface area contributed by atoms with Gasteiger partial charge < -0.3 is 0 Å². The first kappa shape index (κ1) is 16.3. The number of halogens is 3. The maximum atomic E-state index is 12.7. The van der Waals surface area contributed by atoms with Crippen molar-refractivity contribution in [2.45, 2.75) is 49.1 Å². The first-order valence-electron chi connectivity index (χ1n) is 6.78. The van der Waals surface area contributed by atoms with Crippen molar-refractivity contribution in [2.24, 2.45) is 0 Å². The first-order chi connectivity index (χ1) is 9.83. The van der Waals surface area contributed by atoms with Crippen LogP contribution in [0.2, 0.25) is 5.32 Å². The van der Waals surface area contributed by atoms with Crippen LogP contribution < -0.4 is 4.46 Å². The second kappa shape index (κ2) is 6.36. The summed E-state index contributed by atoms with van der Waals surface area (Å²) in [6, 6.07) is 5.16. The van der Waals surface area contributed by atoms with Crippen LogP contribution in [0.3, 0.4) is 0 Å². The van der Waals surface area contributed by atoms with E-state index in [0.717, 1.165) is 31.4 Å². The summed E-state index contributed by atoms with van der Waals surface area (Å²) in [5.41, 5.74) is -1.60. The molecule has 0 aliphatic heterocycles. The van der Waals surface area contributed by atoms with Crippen molar-refractivity contribution in [2.75, 3.05) is 0 Å². The van der Waals surface area contributed by atoms with Crippen molar-refractivity contribution < 1.29 is 18.1 Å². The molecule has 1 fully saturated rings. The summed E-state index contributed by atoms with van der Waals surface area (Å²) >= 11 is -0.314. The summed E-state index contributed by atoms with van der Waals surface area (Å²) in [5, 5.41) is 11.7. The molecule has 0 unspecified atom stereocenters. The van der Waals surface area contributed by atoms with Crippen molar-refractivity contribution in [3.05, 3.63) is 39.9 Å². The van der Waals surface area contributed by atoms with E-state index in [1.54, 1.807) is 6.07 Å². The molecule has 21 heavy (non-hydrogen) atoms. The summed E-state index contributed by atoms with van der Waals surface area (Å²) in [6.45, 7) is 0. The van der Waals surface area contributed by atoms with Crippen LogP contribution in [0.25, 0.3) is 0 Å². The Bertz CT molecular complexity index is 513.